The van der Waals surface area contributed by atoms with Gasteiger partial charge in [-0.05, 0) is 45.4 Å². The van der Waals surface area contributed by atoms with E-state index in [1.807, 2.05) is 6.92 Å². The molecule has 1 aromatic heterocycles. The minimum atomic E-state index is -3.60. The Labute approximate surface area is 161 Å². The smallest absolute Gasteiger partial charge is 0.248 e. The Hall–Kier alpha value is -1.41. The summed E-state index contributed by atoms with van der Waals surface area (Å²) in [6.45, 7) is 6.10. The van der Waals surface area contributed by atoms with Gasteiger partial charge in [-0.25, -0.2) is 8.42 Å². The Balaban J connectivity index is 1.57. The van der Waals surface area contributed by atoms with E-state index in [2.05, 4.69) is 10.5 Å². The summed E-state index contributed by atoms with van der Waals surface area (Å²) >= 11 is 0. The molecule has 1 saturated heterocycles. The van der Waals surface area contributed by atoms with Gasteiger partial charge >= 0.3 is 0 Å². The summed E-state index contributed by atoms with van der Waals surface area (Å²) < 4.78 is 32.3. The predicted molar refractivity (Wildman–Crippen MR) is 102 cm³/mol. The Morgan fingerprint density at radius 2 is 1.78 bits per heavy atom. The fourth-order valence-corrected chi connectivity index (χ4v) is 6.14. The van der Waals surface area contributed by atoms with E-state index in [9.17, 15) is 13.2 Å². The van der Waals surface area contributed by atoms with Gasteiger partial charge in [0.1, 0.15) is 10.6 Å². The van der Waals surface area contributed by atoms with Crippen LogP contribution in [-0.2, 0) is 14.8 Å². The number of aryl methyl sites for hydroxylation is 2. The SMILES string of the molecule is Cc1noc(C)c1S(=O)(=O)N1CCC([C@H](C)C(=O)NC2CCCCC2)CC1. The molecule has 1 atom stereocenters. The number of sulfonamides is 1. The van der Waals surface area contributed by atoms with Crippen LogP contribution in [0.3, 0.4) is 0 Å². The zero-order valence-electron chi connectivity index (χ0n) is 16.5. The lowest BCUT2D eigenvalue weighted by Gasteiger charge is -2.34. The van der Waals surface area contributed by atoms with Gasteiger partial charge in [-0.3, -0.25) is 4.79 Å². The zero-order chi connectivity index (χ0) is 19.6. The van der Waals surface area contributed by atoms with Crippen LogP contribution in [0.15, 0.2) is 9.42 Å². The summed E-state index contributed by atoms with van der Waals surface area (Å²) in [5, 5.41) is 6.97. The van der Waals surface area contributed by atoms with E-state index in [4.69, 9.17) is 4.52 Å². The van der Waals surface area contributed by atoms with Gasteiger partial charge in [-0.2, -0.15) is 4.31 Å². The van der Waals surface area contributed by atoms with Crippen LogP contribution in [0.1, 0.15) is 63.3 Å². The lowest BCUT2D eigenvalue weighted by atomic mass is 9.85. The maximum Gasteiger partial charge on any atom is 0.248 e. The lowest BCUT2D eigenvalue weighted by Crippen LogP contribution is -2.45. The molecule has 152 valence electrons. The van der Waals surface area contributed by atoms with Crippen LogP contribution in [-0.4, -0.2) is 42.9 Å². The third-order valence-electron chi connectivity index (χ3n) is 6.14. The van der Waals surface area contributed by atoms with Crippen molar-refractivity contribution in [1.82, 2.24) is 14.8 Å². The maximum atomic E-state index is 12.9. The second kappa shape index (κ2) is 8.31. The molecule has 2 fully saturated rings. The quantitative estimate of drug-likeness (QED) is 0.825. The average Bonchev–Trinajstić information content (AvgIpc) is 3.01. The van der Waals surface area contributed by atoms with Crippen LogP contribution in [0.5, 0.6) is 0 Å². The average molecular weight is 398 g/mol. The molecule has 1 N–H and O–H groups in total. The van der Waals surface area contributed by atoms with Gasteiger partial charge in [0.2, 0.25) is 15.9 Å². The van der Waals surface area contributed by atoms with Crippen molar-refractivity contribution >= 4 is 15.9 Å². The Kier molecular flexibility index (Phi) is 6.25. The van der Waals surface area contributed by atoms with Gasteiger partial charge in [-0.1, -0.05) is 31.3 Å². The molecular weight excluding hydrogens is 366 g/mol. The molecule has 0 aromatic carbocycles. The monoisotopic (exact) mass is 397 g/mol. The van der Waals surface area contributed by atoms with Crippen molar-refractivity contribution in [2.45, 2.75) is 76.7 Å². The molecule has 3 rings (SSSR count). The topological polar surface area (TPSA) is 92.5 Å². The van der Waals surface area contributed by atoms with E-state index < -0.39 is 10.0 Å². The highest BCUT2D eigenvalue weighted by Gasteiger charge is 2.36. The van der Waals surface area contributed by atoms with Crippen molar-refractivity contribution in [2.75, 3.05) is 13.1 Å². The minimum Gasteiger partial charge on any atom is -0.360 e. The Morgan fingerprint density at radius 3 is 2.33 bits per heavy atom. The number of hydrogen-bond acceptors (Lipinski definition) is 5. The van der Waals surface area contributed by atoms with E-state index in [1.165, 1.54) is 23.6 Å². The number of nitrogens with one attached hydrogen (secondary N) is 1. The van der Waals surface area contributed by atoms with Gasteiger partial charge in [0, 0.05) is 25.0 Å². The number of hydrogen-bond donors (Lipinski definition) is 1. The van der Waals surface area contributed by atoms with Crippen molar-refractivity contribution < 1.29 is 17.7 Å². The van der Waals surface area contributed by atoms with Crippen molar-refractivity contribution in [3.63, 3.8) is 0 Å². The number of piperidine rings is 1. The normalized spacial score (nSPS) is 21.9. The molecule has 0 spiro atoms. The summed E-state index contributed by atoms with van der Waals surface area (Å²) in [5.74, 6) is 0.573. The first kappa shape index (κ1) is 20.3. The molecule has 1 aliphatic carbocycles. The highest BCUT2D eigenvalue weighted by atomic mass is 32.2. The number of rotatable bonds is 5. The summed E-state index contributed by atoms with van der Waals surface area (Å²) in [4.78, 5) is 12.8. The molecule has 1 amide bonds. The third kappa shape index (κ3) is 4.37. The number of amides is 1. The van der Waals surface area contributed by atoms with Gasteiger partial charge in [-0.15, -0.1) is 0 Å². The minimum absolute atomic E-state index is 0.0872. The van der Waals surface area contributed by atoms with Crippen LogP contribution in [0.2, 0.25) is 0 Å². The van der Waals surface area contributed by atoms with Crippen molar-refractivity contribution in [2.24, 2.45) is 11.8 Å². The summed E-state index contributed by atoms with van der Waals surface area (Å²) in [7, 11) is -3.60. The Morgan fingerprint density at radius 1 is 1.15 bits per heavy atom. The molecule has 27 heavy (non-hydrogen) atoms. The molecule has 7 nitrogen and oxygen atoms in total. The van der Waals surface area contributed by atoms with Crippen molar-refractivity contribution in [3.8, 4) is 0 Å². The second-order valence-electron chi connectivity index (χ2n) is 8.03. The van der Waals surface area contributed by atoms with Gasteiger partial charge in [0.05, 0.1) is 0 Å². The van der Waals surface area contributed by atoms with E-state index in [-0.39, 0.29) is 22.6 Å². The number of aromatic nitrogens is 1. The highest BCUT2D eigenvalue weighted by molar-refractivity contribution is 7.89. The number of carbonyl (C=O) groups excluding carboxylic acids is 1. The van der Waals surface area contributed by atoms with Gasteiger partial charge in [0.25, 0.3) is 0 Å². The summed E-state index contributed by atoms with van der Waals surface area (Å²) in [6.07, 6.45) is 7.19. The first-order valence-electron chi connectivity index (χ1n) is 10.0. The van der Waals surface area contributed by atoms with Crippen LogP contribution in [0.4, 0.5) is 0 Å². The molecule has 2 aliphatic rings. The first-order chi connectivity index (χ1) is 12.8. The molecular formula is C19H31N3O4S. The first-order valence-corrected chi connectivity index (χ1v) is 11.5. The van der Waals surface area contributed by atoms with Crippen molar-refractivity contribution in [1.29, 1.82) is 0 Å². The zero-order valence-corrected chi connectivity index (χ0v) is 17.3. The molecule has 0 radical (unpaired) electrons. The molecule has 0 bridgehead atoms. The third-order valence-corrected chi connectivity index (χ3v) is 8.28. The molecule has 0 unspecified atom stereocenters. The van der Waals surface area contributed by atoms with Crippen LogP contribution >= 0.6 is 0 Å². The van der Waals surface area contributed by atoms with E-state index >= 15 is 0 Å². The van der Waals surface area contributed by atoms with Crippen LogP contribution in [0, 0.1) is 25.7 Å². The fraction of sp³-hybridized carbons (Fsp3) is 0.789. The summed E-state index contributed by atoms with van der Waals surface area (Å²) in [6, 6.07) is 0.314. The fourth-order valence-electron chi connectivity index (χ4n) is 4.38. The maximum absolute atomic E-state index is 12.9. The second-order valence-corrected chi connectivity index (χ2v) is 9.90. The standard InChI is InChI=1S/C19H31N3O4S/c1-13(19(23)20-17-7-5-4-6-8-17)16-9-11-22(12-10-16)27(24,25)18-14(2)21-26-15(18)3/h13,16-17H,4-12H2,1-3H3,(H,20,23)/t13-/m0/s1. The number of carbonyl (C=O) groups is 1. The molecule has 2 heterocycles. The molecule has 8 heteroatoms. The van der Waals surface area contributed by atoms with Crippen LogP contribution < -0.4 is 5.32 Å². The molecule has 1 aromatic rings. The predicted octanol–water partition coefficient (Wildman–Crippen LogP) is 2.78. The lowest BCUT2D eigenvalue weighted by molar-refractivity contribution is -0.127. The van der Waals surface area contributed by atoms with Gasteiger partial charge in [0.15, 0.2) is 5.76 Å². The van der Waals surface area contributed by atoms with Crippen molar-refractivity contribution in [3.05, 3.63) is 11.5 Å². The van der Waals surface area contributed by atoms with E-state index in [0.29, 0.717) is 43.4 Å². The van der Waals surface area contributed by atoms with Gasteiger partial charge < -0.3 is 9.84 Å². The Bertz CT molecular complexity index is 740. The highest BCUT2D eigenvalue weighted by Crippen LogP contribution is 2.31. The molecule has 1 saturated carbocycles. The van der Waals surface area contributed by atoms with Crippen LogP contribution in [0.25, 0.3) is 0 Å². The van der Waals surface area contributed by atoms with E-state index in [1.54, 1.807) is 13.8 Å². The summed E-state index contributed by atoms with van der Waals surface area (Å²) in [5.41, 5.74) is 0.398. The number of nitrogens with zero attached hydrogens (tertiary/aromatic N) is 2. The molecule has 1 aliphatic heterocycles. The largest absolute Gasteiger partial charge is 0.360 e. The van der Waals surface area contributed by atoms with E-state index in [0.717, 1.165) is 12.8 Å².